The molecule has 0 spiro atoms. The van der Waals surface area contributed by atoms with Crippen LogP contribution >= 0.6 is 0 Å². The lowest BCUT2D eigenvalue weighted by Gasteiger charge is -2.26. The van der Waals surface area contributed by atoms with E-state index < -0.39 is 0 Å². The van der Waals surface area contributed by atoms with Crippen LogP contribution in [0.2, 0.25) is 0 Å². The second-order valence-electron chi connectivity index (χ2n) is 19.7. The summed E-state index contributed by atoms with van der Waals surface area (Å²) in [7, 11) is 0. The van der Waals surface area contributed by atoms with Gasteiger partial charge in [-0.1, -0.05) is 157 Å². The maximum atomic E-state index is 12.4. The van der Waals surface area contributed by atoms with Gasteiger partial charge in [-0.2, -0.15) is 0 Å². The number of carbonyl (C=O) groups is 4. The highest BCUT2D eigenvalue weighted by molar-refractivity contribution is 5.70. The SMILES string of the molecule is CCCCCC(CC)OC(=O)CCCCCCCCN(CCC=O)CCCN(CCCCCCCCC(=O)OC(CC)CCCCC)CCCCCCCCC(=O)OC(CC)CCCCC. The van der Waals surface area contributed by atoms with Crippen molar-refractivity contribution < 1.29 is 33.4 Å². The molecular weight excluding hydrogens is 825 g/mol. The topological polar surface area (TPSA) is 102 Å². The van der Waals surface area contributed by atoms with Crippen molar-refractivity contribution in [1.82, 2.24) is 9.80 Å². The highest BCUT2D eigenvalue weighted by Gasteiger charge is 2.15. The van der Waals surface area contributed by atoms with Gasteiger partial charge < -0.3 is 28.8 Å². The van der Waals surface area contributed by atoms with E-state index in [1.807, 2.05) is 0 Å². The lowest BCUT2D eigenvalue weighted by molar-refractivity contribution is -0.150. The smallest absolute Gasteiger partial charge is 0.306 e. The number of rotatable bonds is 52. The molecule has 0 aliphatic heterocycles. The first-order valence-electron chi connectivity index (χ1n) is 28.7. The van der Waals surface area contributed by atoms with Gasteiger partial charge in [-0.3, -0.25) is 14.4 Å². The Morgan fingerprint density at radius 3 is 0.909 bits per heavy atom. The molecule has 0 N–H and O–H groups in total. The molecular formula is C57H110N2O7. The van der Waals surface area contributed by atoms with Crippen molar-refractivity contribution >= 4 is 24.2 Å². The van der Waals surface area contributed by atoms with E-state index >= 15 is 0 Å². The van der Waals surface area contributed by atoms with Crippen LogP contribution in [0.4, 0.5) is 0 Å². The third-order valence-electron chi connectivity index (χ3n) is 13.5. The Balaban J connectivity index is 4.72. The second kappa shape index (κ2) is 49.4. The van der Waals surface area contributed by atoms with Crippen molar-refractivity contribution in [2.75, 3.05) is 39.3 Å². The van der Waals surface area contributed by atoms with Gasteiger partial charge in [-0.15, -0.1) is 0 Å². The van der Waals surface area contributed by atoms with Gasteiger partial charge in [0, 0.05) is 32.2 Å². The summed E-state index contributed by atoms with van der Waals surface area (Å²) in [5.41, 5.74) is 0. The summed E-state index contributed by atoms with van der Waals surface area (Å²) < 4.78 is 17.3. The Hall–Kier alpha value is -2.00. The zero-order chi connectivity index (χ0) is 48.6. The van der Waals surface area contributed by atoms with Gasteiger partial charge in [-0.25, -0.2) is 0 Å². The number of esters is 3. The molecule has 0 aromatic carbocycles. The number of nitrogens with zero attached hydrogens (tertiary/aromatic N) is 2. The van der Waals surface area contributed by atoms with E-state index in [1.54, 1.807) is 0 Å². The van der Waals surface area contributed by atoms with Crippen molar-refractivity contribution in [2.45, 2.75) is 304 Å². The van der Waals surface area contributed by atoms with Gasteiger partial charge in [-0.05, 0) is 135 Å². The van der Waals surface area contributed by atoms with Crippen LogP contribution in [-0.2, 0) is 33.4 Å². The molecule has 9 heteroatoms. The number of hydrogen-bond acceptors (Lipinski definition) is 9. The largest absolute Gasteiger partial charge is 0.462 e. The number of ether oxygens (including phenoxy) is 3. The monoisotopic (exact) mass is 935 g/mol. The summed E-state index contributed by atoms with van der Waals surface area (Å²) in [4.78, 5) is 53.7. The average Bonchev–Trinajstić information content (AvgIpc) is 3.31. The first-order valence-corrected chi connectivity index (χ1v) is 28.7. The number of aldehydes is 1. The third kappa shape index (κ3) is 42.1. The maximum absolute atomic E-state index is 12.4. The van der Waals surface area contributed by atoms with Crippen molar-refractivity contribution in [3.63, 3.8) is 0 Å². The van der Waals surface area contributed by atoms with Gasteiger partial charge >= 0.3 is 17.9 Å². The first-order chi connectivity index (χ1) is 32.3. The Bertz CT molecular complexity index is 1040. The fraction of sp³-hybridized carbons (Fsp3) is 0.930. The number of unbranched alkanes of at least 4 members (excludes halogenated alkanes) is 21. The molecule has 66 heavy (non-hydrogen) atoms. The van der Waals surface area contributed by atoms with Crippen molar-refractivity contribution in [3.8, 4) is 0 Å². The van der Waals surface area contributed by atoms with Crippen molar-refractivity contribution in [1.29, 1.82) is 0 Å². The van der Waals surface area contributed by atoms with Crippen LogP contribution in [0.1, 0.15) is 286 Å². The Labute approximate surface area is 409 Å². The van der Waals surface area contributed by atoms with E-state index in [0.29, 0.717) is 25.7 Å². The van der Waals surface area contributed by atoms with E-state index in [4.69, 9.17) is 14.2 Å². The predicted molar refractivity (Wildman–Crippen MR) is 278 cm³/mol. The Morgan fingerprint density at radius 1 is 0.348 bits per heavy atom. The minimum Gasteiger partial charge on any atom is -0.462 e. The molecule has 0 aromatic heterocycles. The number of carbonyl (C=O) groups excluding carboxylic acids is 4. The normalized spacial score (nSPS) is 13.0. The summed E-state index contributed by atoms with van der Waals surface area (Å²) in [6, 6.07) is 0. The number of hydrogen-bond donors (Lipinski definition) is 0. The van der Waals surface area contributed by atoms with Gasteiger partial charge in [0.2, 0.25) is 0 Å². The summed E-state index contributed by atoms with van der Waals surface area (Å²) in [5.74, 6) is -0.0565. The molecule has 0 rings (SSSR count). The molecule has 0 aliphatic rings. The molecule has 0 heterocycles. The molecule has 3 atom stereocenters. The van der Waals surface area contributed by atoms with Crippen molar-refractivity contribution in [3.05, 3.63) is 0 Å². The molecule has 0 radical (unpaired) electrons. The highest BCUT2D eigenvalue weighted by Crippen LogP contribution is 2.17. The van der Waals surface area contributed by atoms with E-state index in [2.05, 4.69) is 51.3 Å². The van der Waals surface area contributed by atoms with Crippen LogP contribution in [-0.4, -0.2) is 91.6 Å². The van der Waals surface area contributed by atoms with Crippen LogP contribution < -0.4 is 0 Å². The minimum atomic E-state index is -0.0242. The van der Waals surface area contributed by atoms with Crippen molar-refractivity contribution in [2.24, 2.45) is 0 Å². The Kier molecular flexibility index (Phi) is 47.9. The molecule has 0 fully saturated rings. The molecule has 0 amide bonds. The average molecular weight is 936 g/mol. The lowest BCUT2D eigenvalue weighted by atomic mass is 10.1. The molecule has 0 saturated carbocycles. The van der Waals surface area contributed by atoms with Crippen LogP contribution in [0.3, 0.4) is 0 Å². The fourth-order valence-electron chi connectivity index (χ4n) is 9.00. The second-order valence-corrected chi connectivity index (χ2v) is 19.7. The van der Waals surface area contributed by atoms with E-state index in [1.165, 1.54) is 103 Å². The quantitative estimate of drug-likeness (QED) is 0.0255. The highest BCUT2D eigenvalue weighted by atomic mass is 16.6. The summed E-state index contributed by atoms with van der Waals surface area (Å²) >= 11 is 0. The molecule has 390 valence electrons. The zero-order valence-corrected chi connectivity index (χ0v) is 44.7. The summed E-state index contributed by atoms with van der Waals surface area (Å²) in [6.45, 7) is 19.2. The van der Waals surface area contributed by atoms with E-state index in [-0.39, 0.29) is 36.2 Å². The van der Waals surface area contributed by atoms with E-state index in [9.17, 15) is 19.2 Å². The zero-order valence-electron chi connectivity index (χ0n) is 44.7. The maximum Gasteiger partial charge on any atom is 0.306 e. The molecule has 0 aromatic rings. The third-order valence-corrected chi connectivity index (χ3v) is 13.5. The molecule has 0 bridgehead atoms. The molecule has 9 nitrogen and oxygen atoms in total. The van der Waals surface area contributed by atoms with E-state index in [0.717, 1.165) is 161 Å². The predicted octanol–water partition coefficient (Wildman–Crippen LogP) is 15.5. The van der Waals surface area contributed by atoms with Gasteiger partial charge in [0.05, 0.1) is 0 Å². The van der Waals surface area contributed by atoms with Gasteiger partial charge in [0.1, 0.15) is 24.6 Å². The standard InChI is InChI=1S/C57H110N2O7/c1-7-13-28-39-52(10-4)64-55(61)42-31-22-16-19-25-34-45-58(46-35-26-20-17-23-32-43-56(62)65-53(11-5)40-29-14-8-2)48-37-49-59(50-38-51-60)47-36-27-21-18-24-33-44-57(63)66-54(12-6)41-30-15-9-3/h51-54H,7-50H2,1-6H3. The van der Waals surface area contributed by atoms with Crippen LogP contribution in [0.25, 0.3) is 0 Å². The first kappa shape index (κ1) is 64.0. The van der Waals surface area contributed by atoms with Crippen LogP contribution in [0, 0.1) is 0 Å². The molecule has 0 saturated heterocycles. The molecule has 0 aliphatic carbocycles. The van der Waals surface area contributed by atoms with Crippen LogP contribution in [0.15, 0.2) is 0 Å². The van der Waals surface area contributed by atoms with Gasteiger partial charge in [0.15, 0.2) is 0 Å². The Morgan fingerprint density at radius 2 is 0.621 bits per heavy atom. The summed E-state index contributed by atoms with van der Waals surface area (Å²) in [5, 5.41) is 0. The minimum absolute atomic E-state index is 0.0161. The lowest BCUT2D eigenvalue weighted by Crippen LogP contribution is -2.32. The molecule has 3 unspecified atom stereocenters. The fourth-order valence-corrected chi connectivity index (χ4v) is 9.00. The van der Waals surface area contributed by atoms with Crippen LogP contribution in [0.5, 0.6) is 0 Å². The van der Waals surface area contributed by atoms with Gasteiger partial charge in [0.25, 0.3) is 0 Å². The summed E-state index contributed by atoms with van der Waals surface area (Å²) in [6.07, 6.45) is 41.3.